The average molecular weight is 247 g/mol. The van der Waals surface area contributed by atoms with Gasteiger partial charge in [0.05, 0.1) is 12.0 Å². The van der Waals surface area contributed by atoms with Gasteiger partial charge in [-0.15, -0.1) is 0 Å². The number of carbonyl (C=O) groups excluding carboxylic acids is 1. The van der Waals surface area contributed by atoms with E-state index in [1.807, 2.05) is 12.1 Å². The van der Waals surface area contributed by atoms with Gasteiger partial charge in [0.25, 0.3) is 0 Å². The molecule has 0 spiro atoms. The normalized spacial score (nSPS) is 10.9. The molecule has 0 bridgehead atoms. The van der Waals surface area contributed by atoms with E-state index in [1.54, 1.807) is 12.1 Å². The molecular formula is C12H7ClN2O2. The fraction of sp³-hybridized carbons (Fsp3) is 0. The largest absolute Gasteiger partial charge is 0.461 e. The molecule has 0 aliphatic carbocycles. The monoisotopic (exact) mass is 246 g/mol. The van der Waals surface area contributed by atoms with Gasteiger partial charge in [-0.2, -0.15) is 0 Å². The van der Waals surface area contributed by atoms with Gasteiger partial charge in [0.2, 0.25) is 0 Å². The Labute approximate surface area is 101 Å². The van der Waals surface area contributed by atoms with Crippen LogP contribution >= 0.6 is 11.6 Å². The maximum Gasteiger partial charge on any atom is 0.186 e. The Hall–Kier alpha value is -2.07. The van der Waals surface area contributed by atoms with Crippen molar-refractivity contribution >= 4 is 28.9 Å². The fourth-order valence-electron chi connectivity index (χ4n) is 1.76. The Kier molecular flexibility index (Phi) is 2.23. The smallest absolute Gasteiger partial charge is 0.186 e. The first-order chi connectivity index (χ1) is 8.28. The molecule has 0 unspecified atom stereocenters. The van der Waals surface area contributed by atoms with Crippen LogP contribution in [0.3, 0.4) is 0 Å². The summed E-state index contributed by atoms with van der Waals surface area (Å²) >= 11 is 5.81. The molecule has 0 aliphatic rings. The number of pyridine rings is 1. The van der Waals surface area contributed by atoms with Gasteiger partial charge in [-0.3, -0.25) is 4.79 Å². The van der Waals surface area contributed by atoms with E-state index >= 15 is 0 Å². The third-order valence-corrected chi connectivity index (χ3v) is 2.75. The molecule has 0 saturated heterocycles. The highest BCUT2D eigenvalue weighted by Crippen LogP contribution is 2.26. The van der Waals surface area contributed by atoms with Crippen molar-refractivity contribution in [1.29, 1.82) is 0 Å². The van der Waals surface area contributed by atoms with E-state index in [1.165, 1.54) is 6.26 Å². The molecule has 0 atom stereocenters. The highest BCUT2D eigenvalue weighted by molar-refractivity contribution is 6.29. The van der Waals surface area contributed by atoms with Crippen LogP contribution in [0.15, 0.2) is 34.9 Å². The van der Waals surface area contributed by atoms with Gasteiger partial charge in [-0.05, 0) is 24.3 Å². The molecule has 0 amide bonds. The number of aromatic amines is 1. The van der Waals surface area contributed by atoms with Gasteiger partial charge in [0, 0.05) is 10.9 Å². The number of H-pyrrole nitrogens is 1. The highest BCUT2D eigenvalue weighted by atomic mass is 35.5. The molecule has 3 heterocycles. The van der Waals surface area contributed by atoms with Crippen molar-refractivity contribution in [2.75, 3.05) is 0 Å². The highest BCUT2D eigenvalue weighted by Gasteiger charge is 2.11. The van der Waals surface area contributed by atoms with Crippen LogP contribution in [0.5, 0.6) is 0 Å². The topological polar surface area (TPSA) is 58.9 Å². The van der Waals surface area contributed by atoms with Gasteiger partial charge in [0.15, 0.2) is 12.0 Å². The van der Waals surface area contributed by atoms with Crippen LogP contribution < -0.4 is 0 Å². The van der Waals surface area contributed by atoms with Crippen molar-refractivity contribution in [2.24, 2.45) is 0 Å². The van der Waals surface area contributed by atoms with Gasteiger partial charge >= 0.3 is 0 Å². The average Bonchev–Trinajstić information content (AvgIpc) is 2.93. The summed E-state index contributed by atoms with van der Waals surface area (Å²) in [5.74, 6) is 0.294. The summed E-state index contributed by atoms with van der Waals surface area (Å²) in [4.78, 5) is 18.0. The first-order valence-electron chi connectivity index (χ1n) is 4.96. The molecule has 0 saturated carbocycles. The summed E-state index contributed by atoms with van der Waals surface area (Å²) in [5, 5.41) is 1.36. The van der Waals surface area contributed by atoms with Crippen molar-refractivity contribution in [3.8, 4) is 11.3 Å². The van der Waals surface area contributed by atoms with E-state index in [2.05, 4.69) is 9.97 Å². The summed E-state index contributed by atoms with van der Waals surface area (Å²) in [6.07, 6.45) is 2.16. The predicted molar refractivity (Wildman–Crippen MR) is 64.2 cm³/mol. The molecule has 0 aromatic carbocycles. The molecule has 5 heteroatoms. The Bertz CT molecular complexity index is 699. The third-order valence-electron chi connectivity index (χ3n) is 2.54. The zero-order chi connectivity index (χ0) is 11.8. The summed E-state index contributed by atoms with van der Waals surface area (Å²) in [7, 11) is 0. The Morgan fingerprint density at radius 3 is 3.06 bits per heavy atom. The van der Waals surface area contributed by atoms with Gasteiger partial charge in [-0.25, -0.2) is 4.98 Å². The lowest BCUT2D eigenvalue weighted by atomic mass is 10.2. The van der Waals surface area contributed by atoms with E-state index in [9.17, 15) is 4.79 Å². The minimum Gasteiger partial charge on any atom is -0.461 e. The molecule has 17 heavy (non-hydrogen) atoms. The first kappa shape index (κ1) is 10.1. The predicted octanol–water partition coefficient (Wildman–Crippen LogP) is 3.29. The SMILES string of the molecule is O=Cc1occc1-c1cc2ccc(Cl)nc2[nH]1. The number of furan rings is 1. The van der Waals surface area contributed by atoms with Crippen LogP contribution in [0.1, 0.15) is 10.6 Å². The van der Waals surface area contributed by atoms with E-state index in [0.29, 0.717) is 28.4 Å². The standard InChI is InChI=1S/C12H7ClN2O2/c13-11-2-1-7-5-9(14-12(7)15-11)8-3-4-17-10(8)6-16/h1-6H,(H,14,15). The molecule has 84 valence electrons. The number of fused-ring (bicyclic) bond motifs is 1. The molecule has 4 nitrogen and oxygen atoms in total. The van der Waals surface area contributed by atoms with Gasteiger partial charge in [-0.1, -0.05) is 11.6 Å². The van der Waals surface area contributed by atoms with Crippen molar-refractivity contribution in [3.63, 3.8) is 0 Å². The second-order valence-electron chi connectivity index (χ2n) is 3.57. The summed E-state index contributed by atoms with van der Waals surface area (Å²) < 4.78 is 5.05. The minimum atomic E-state index is 0.294. The molecule has 0 radical (unpaired) electrons. The van der Waals surface area contributed by atoms with Crippen LogP contribution in [0.2, 0.25) is 5.15 Å². The summed E-state index contributed by atoms with van der Waals surface area (Å²) in [5.41, 5.74) is 2.19. The van der Waals surface area contributed by atoms with E-state index in [0.717, 1.165) is 11.1 Å². The number of aldehydes is 1. The number of carbonyl (C=O) groups is 1. The van der Waals surface area contributed by atoms with Crippen molar-refractivity contribution in [1.82, 2.24) is 9.97 Å². The molecular weight excluding hydrogens is 240 g/mol. The second-order valence-corrected chi connectivity index (χ2v) is 3.96. The lowest BCUT2D eigenvalue weighted by Crippen LogP contribution is -1.81. The van der Waals surface area contributed by atoms with E-state index < -0.39 is 0 Å². The van der Waals surface area contributed by atoms with Crippen LogP contribution in [0, 0.1) is 0 Å². The lowest BCUT2D eigenvalue weighted by molar-refractivity contribution is 0.110. The molecule has 3 rings (SSSR count). The number of halogens is 1. The van der Waals surface area contributed by atoms with Crippen molar-refractivity contribution in [3.05, 3.63) is 41.4 Å². The minimum absolute atomic E-state index is 0.294. The van der Waals surface area contributed by atoms with Crippen LogP contribution in [-0.4, -0.2) is 16.3 Å². The Morgan fingerprint density at radius 2 is 2.24 bits per heavy atom. The number of nitrogens with one attached hydrogen (secondary N) is 1. The van der Waals surface area contributed by atoms with Crippen molar-refractivity contribution < 1.29 is 9.21 Å². The Morgan fingerprint density at radius 1 is 1.35 bits per heavy atom. The fourth-order valence-corrected chi connectivity index (χ4v) is 1.91. The number of hydrogen-bond acceptors (Lipinski definition) is 3. The van der Waals surface area contributed by atoms with E-state index in [-0.39, 0.29) is 0 Å². The molecule has 3 aromatic rings. The quantitative estimate of drug-likeness (QED) is 0.558. The summed E-state index contributed by atoms with van der Waals surface area (Å²) in [6, 6.07) is 7.22. The zero-order valence-corrected chi connectivity index (χ0v) is 9.36. The zero-order valence-electron chi connectivity index (χ0n) is 8.61. The van der Waals surface area contributed by atoms with Crippen LogP contribution in [0.25, 0.3) is 22.3 Å². The molecule has 1 N–H and O–H groups in total. The second kappa shape index (κ2) is 3.75. The van der Waals surface area contributed by atoms with E-state index in [4.69, 9.17) is 16.0 Å². The third kappa shape index (κ3) is 1.62. The number of aromatic nitrogens is 2. The lowest BCUT2D eigenvalue weighted by Gasteiger charge is -1.91. The molecule has 3 aromatic heterocycles. The first-order valence-corrected chi connectivity index (χ1v) is 5.34. The van der Waals surface area contributed by atoms with Crippen LogP contribution in [-0.2, 0) is 0 Å². The maximum absolute atomic E-state index is 10.8. The molecule has 0 aliphatic heterocycles. The molecule has 0 fully saturated rings. The maximum atomic E-state index is 10.8. The number of hydrogen-bond donors (Lipinski definition) is 1. The van der Waals surface area contributed by atoms with Gasteiger partial charge < -0.3 is 9.40 Å². The number of rotatable bonds is 2. The Balaban J connectivity index is 2.21. The summed E-state index contributed by atoms with van der Waals surface area (Å²) in [6.45, 7) is 0. The van der Waals surface area contributed by atoms with Gasteiger partial charge in [0.1, 0.15) is 10.8 Å². The van der Waals surface area contributed by atoms with Crippen LogP contribution in [0.4, 0.5) is 0 Å². The van der Waals surface area contributed by atoms with Crippen molar-refractivity contribution in [2.45, 2.75) is 0 Å². The number of nitrogens with zero attached hydrogens (tertiary/aromatic N) is 1.